The van der Waals surface area contributed by atoms with Gasteiger partial charge < -0.3 is 25.0 Å². The summed E-state index contributed by atoms with van der Waals surface area (Å²) in [7, 11) is 7.48. The van der Waals surface area contributed by atoms with Gasteiger partial charge in [-0.2, -0.15) is 0 Å². The molecule has 1 unspecified atom stereocenters. The van der Waals surface area contributed by atoms with Gasteiger partial charge in [-0.25, -0.2) is 0 Å². The molecule has 2 N–H and O–H groups in total. The van der Waals surface area contributed by atoms with Gasteiger partial charge in [-0.15, -0.1) is 0 Å². The van der Waals surface area contributed by atoms with E-state index in [1.165, 1.54) is 25.7 Å². The molecule has 0 amide bonds. The summed E-state index contributed by atoms with van der Waals surface area (Å²) in [6, 6.07) is 6.78. The number of nitrogens with zero attached hydrogens (tertiary/aromatic N) is 2. The fourth-order valence-electron chi connectivity index (χ4n) is 3.39. The summed E-state index contributed by atoms with van der Waals surface area (Å²) in [5.41, 5.74) is 1.16. The van der Waals surface area contributed by atoms with Gasteiger partial charge >= 0.3 is 0 Å². The average molecular weight is 363 g/mol. The molecule has 1 fully saturated rings. The number of rotatable bonds is 8. The van der Waals surface area contributed by atoms with Crippen LogP contribution in [0, 0.1) is 0 Å². The summed E-state index contributed by atoms with van der Waals surface area (Å²) in [4.78, 5) is 7.04. The van der Waals surface area contributed by atoms with E-state index in [1.807, 2.05) is 12.1 Å². The number of hydrogen-bond donors (Lipinski definition) is 2. The molecule has 0 aliphatic heterocycles. The minimum atomic E-state index is 0.161. The highest BCUT2D eigenvalue weighted by Crippen LogP contribution is 2.31. The van der Waals surface area contributed by atoms with Crippen LogP contribution in [0.1, 0.15) is 44.2 Å². The number of aliphatic imine (C=N–C) groups is 1. The lowest BCUT2D eigenvalue weighted by Gasteiger charge is -2.25. The molecule has 0 aromatic heterocycles. The third kappa shape index (κ3) is 5.53. The van der Waals surface area contributed by atoms with Crippen LogP contribution in [-0.2, 0) is 0 Å². The molecule has 0 saturated heterocycles. The molecule has 146 valence electrons. The van der Waals surface area contributed by atoms with Crippen LogP contribution in [0.15, 0.2) is 23.2 Å². The van der Waals surface area contributed by atoms with Crippen LogP contribution in [0.4, 0.5) is 0 Å². The first kappa shape index (κ1) is 20.4. The van der Waals surface area contributed by atoms with Gasteiger partial charge in [-0.3, -0.25) is 4.99 Å². The van der Waals surface area contributed by atoms with Gasteiger partial charge in [0.25, 0.3) is 0 Å². The van der Waals surface area contributed by atoms with Crippen LogP contribution in [-0.4, -0.2) is 58.3 Å². The van der Waals surface area contributed by atoms with E-state index in [9.17, 15) is 0 Å². The van der Waals surface area contributed by atoms with Crippen LogP contribution >= 0.6 is 0 Å². The van der Waals surface area contributed by atoms with Crippen molar-refractivity contribution >= 4 is 5.96 Å². The lowest BCUT2D eigenvalue weighted by molar-refractivity contribution is 0.303. The third-order valence-electron chi connectivity index (χ3n) is 4.88. The first-order chi connectivity index (χ1) is 12.6. The van der Waals surface area contributed by atoms with E-state index in [1.54, 1.807) is 14.2 Å². The van der Waals surface area contributed by atoms with Crippen LogP contribution in [0.2, 0.25) is 0 Å². The van der Waals surface area contributed by atoms with Crippen molar-refractivity contribution in [1.29, 1.82) is 0 Å². The van der Waals surface area contributed by atoms with Crippen molar-refractivity contribution in [3.05, 3.63) is 23.8 Å². The smallest absolute Gasteiger partial charge is 0.191 e. The second kappa shape index (κ2) is 10.3. The molecule has 2 rings (SSSR count). The lowest BCUT2D eigenvalue weighted by Crippen LogP contribution is -2.42. The topological polar surface area (TPSA) is 58.1 Å². The van der Waals surface area contributed by atoms with E-state index in [0.29, 0.717) is 12.6 Å². The number of benzene rings is 1. The van der Waals surface area contributed by atoms with Gasteiger partial charge in [0.05, 0.1) is 26.8 Å². The van der Waals surface area contributed by atoms with Gasteiger partial charge in [0.2, 0.25) is 0 Å². The Bertz CT molecular complexity index is 583. The summed E-state index contributed by atoms with van der Waals surface area (Å²) in [6.07, 6.45) is 5.08. The normalized spacial score (nSPS) is 16.6. The Morgan fingerprint density at radius 2 is 1.88 bits per heavy atom. The Kier molecular flexibility index (Phi) is 8.04. The molecular formula is C20H34N4O2. The van der Waals surface area contributed by atoms with Gasteiger partial charge in [0.15, 0.2) is 17.5 Å². The minimum absolute atomic E-state index is 0.161. The zero-order chi connectivity index (χ0) is 18.9. The first-order valence-electron chi connectivity index (χ1n) is 9.52. The Morgan fingerprint density at radius 3 is 2.46 bits per heavy atom. The van der Waals surface area contributed by atoms with E-state index in [4.69, 9.17) is 14.5 Å². The number of likely N-dealkylation sites (N-methyl/N-ethyl adjacent to an activating group) is 1. The molecule has 6 nitrogen and oxygen atoms in total. The predicted octanol–water partition coefficient (Wildman–Crippen LogP) is 2.80. The molecule has 0 heterocycles. The number of nitrogens with one attached hydrogen (secondary N) is 2. The monoisotopic (exact) mass is 362 g/mol. The van der Waals surface area contributed by atoms with Gasteiger partial charge in [0, 0.05) is 12.6 Å². The molecule has 0 radical (unpaired) electrons. The second-order valence-corrected chi connectivity index (χ2v) is 6.94. The van der Waals surface area contributed by atoms with E-state index in [0.717, 1.165) is 29.6 Å². The molecule has 1 aromatic rings. The number of ether oxygens (including phenoxy) is 2. The Hall–Kier alpha value is -1.95. The highest BCUT2D eigenvalue weighted by molar-refractivity contribution is 5.80. The second-order valence-electron chi connectivity index (χ2n) is 6.94. The van der Waals surface area contributed by atoms with Crippen LogP contribution in [0.25, 0.3) is 0 Å². The van der Waals surface area contributed by atoms with Gasteiger partial charge in [-0.05, 0) is 51.6 Å². The maximum absolute atomic E-state index is 5.46. The maximum Gasteiger partial charge on any atom is 0.191 e. The standard InChI is InChI=1S/C20H34N4O2/c1-6-21-20(23-16-9-7-8-10-16)22-14-17(24(2)3)15-11-12-18(25-4)19(13-15)26-5/h11-13,16-17H,6-10,14H2,1-5H3,(H2,21,22,23). The van der Waals surface area contributed by atoms with E-state index in [2.05, 4.69) is 42.6 Å². The zero-order valence-corrected chi connectivity index (χ0v) is 16.8. The Labute approximate surface area is 158 Å². The van der Waals surface area contributed by atoms with E-state index < -0.39 is 0 Å². The average Bonchev–Trinajstić information content (AvgIpc) is 3.14. The van der Waals surface area contributed by atoms with Crippen molar-refractivity contribution in [2.24, 2.45) is 4.99 Å². The Balaban J connectivity index is 2.14. The van der Waals surface area contributed by atoms with Gasteiger partial charge in [-0.1, -0.05) is 18.9 Å². The highest BCUT2D eigenvalue weighted by Gasteiger charge is 2.19. The molecule has 1 saturated carbocycles. The van der Waals surface area contributed by atoms with Crippen LogP contribution in [0.3, 0.4) is 0 Å². The van der Waals surface area contributed by atoms with Gasteiger partial charge in [0.1, 0.15) is 0 Å². The molecule has 1 aliphatic carbocycles. The molecule has 1 aliphatic rings. The molecule has 0 spiro atoms. The zero-order valence-electron chi connectivity index (χ0n) is 16.8. The predicted molar refractivity (Wildman–Crippen MR) is 107 cm³/mol. The molecular weight excluding hydrogens is 328 g/mol. The van der Waals surface area contributed by atoms with Crippen LogP contribution in [0.5, 0.6) is 11.5 Å². The third-order valence-corrected chi connectivity index (χ3v) is 4.88. The van der Waals surface area contributed by atoms with E-state index >= 15 is 0 Å². The summed E-state index contributed by atoms with van der Waals surface area (Å²) in [6.45, 7) is 3.63. The number of hydrogen-bond acceptors (Lipinski definition) is 4. The minimum Gasteiger partial charge on any atom is -0.493 e. The number of methoxy groups -OCH3 is 2. The molecule has 1 atom stereocenters. The fraction of sp³-hybridized carbons (Fsp3) is 0.650. The molecule has 1 aromatic carbocycles. The van der Waals surface area contributed by atoms with Crippen molar-refractivity contribution in [3.63, 3.8) is 0 Å². The SMILES string of the molecule is CCNC(=NCC(c1ccc(OC)c(OC)c1)N(C)C)NC1CCCC1. The summed E-state index contributed by atoms with van der Waals surface area (Å²) in [5, 5.41) is 6.95. The fourth-order valence-corrected chi connectivity index (χ4v) is 3.39. The van der Waals surface area contributed by atoms with Crippen LogP contribution < -0.4 is 20.1 Å². The highest BCUT2D eigenvalue weighted by atomic mass is 16.5. The number of guanidine groups is 1. The molecule has 0 bridgehead atoms. The lowest BCUT2D eigenvalue weighted by atomic mass is 10.1. The maximum atomic E-state index is 5.46. The van der Waals surface area contributed by atoms with Crippen molar-refractivity contribution < 1.29 is 9.47 Å². The quantitative estimate of drug-likeness (QED) is 0.550. The first-order valence-corrected chi connectivity index (χ1v) is 9.52. The molecule has 26 heavy (non-hydrogen) atoms. The summed E-state index contributed by atoms with van der Waals surface area (Å²) in [5.74, 6) is 2.40. The summed E-state index contributed by atoms with van der Waals surface area (Å²) >= 11 is 0. The largest absolute Gasteiger partial charge is 0.493 e. The van der Waals surface area contributed by atoms with Crippen molar-refractivity contribution in [2.45, 2.75) is 44.7 Å². The van der Waals surface area contributed by atoms with Crippen molar-refractivity contribution in [3.8, 4) is 11.5 Å². The van der Waals surface area contributed by atoms with Crippen molar-refractivity contribution in [2.75, 3.05) is 41.4 Å². The van der Waals surface area contributed by atoms with E-state index in [-0.39, 0.29) is 6.04 Å². The van der Waals surface area contributed by atoms with Crippen molar-refractivity contribution in [1.82, 2.24) is 15.5 Å². The Morgan fingerprint density at radius 1 is 1.19 bits per heavy atom. The summed E-state index contributed by atoms with van der Waals surface area (Å²) < 4.78 is 10.8. The molecule has 6 heteroatoms.